The van der Waals surface area contributed by atoms with Crippen LogP contribution in [0.5, 0.6) is 0 Å². The highest BCUT2D eigenvalue weighted by Crippen LogP contribution is 2.43. The van der Waals surface area contributed by atoms with Gasteiger partial charge in [-0.2, -0.15) is 0 Å². The highest BCUT2D eigenvalue weighted by molar-refractivity contribution is 6.06. The van der Waals surface area contributed by atoms with Crippen LogP contribution in [0.3, 0.4) is 0 Å². The van der Waals surface area contributed by atoms with Gasteiger partial charge in [-0.25, -0.2) is 0 Å². The summed E-state index contributed by atoms with van der Waals surface area (Å²) in [5, 5.41) is 3.00. The number of hydrogen-bond acceptors (Lipinski definition) is 1. The maximum atomic E-state index is 12.0. The second kappa shape index (κ2) is 3.09. The average molecular weight is 203 g/mol. The standard InChI is InChI=1S/C13H17NO/c1-8(2)13(4)10-7-5-6-9(3)11(10)14-12(13)15/h5-8H,1-4H3,(H,14,15). The lowest BCUT2D eigenvalue weighted by molar-refractivity contribution is -0.121. The molecule has 0 saturated heterocycles. The minimum atomic E-state index is -0.374. The van der Waals surface area contributed by atoms with E-state index in [2.05, 4.69) is 25.2 Å². The van der Waals surface area contributed by atoms with Crippen LogP contribution in [0.15, 0.2) is 18.2 Å². The predicted molar refractivity (Wildman–Crippen MR) is 62.0 cm³/mol. The molecule has 1 aromatic carbocycles. The zero-order chi connectivity index (χ0) is 11.2. The number of para-hydroxylation sites is 1. The van der Waals surface area contributed by atoms with E-state index in [9.17, 15) is 4.79 Å². The number of nitrogens with one attached hydrogen (secondary N) is 1. The molecule has 1 unspecified atom stereocenters. The van der Waals surface area contributed by atoms with Gasteiger partial charge in [0.2, 0.25) is 5.91 Å². The number of carbonyl (C=O) groups excluding carboxylic acids is 1. The first kappa shape index (κ1) is 10.2. The second-order valence-corrected chi connectivity index (χ2v) is 4.81. The average Bonchev–Trinajstić information content (AvgIpc) is 2.44. The first-order chi connectivity index (χ1) is 6.98. The van der Waals surface area contributed by atoms with Crippen LogP contribution in [-0.2, 0) is 10.2 Å². The van der Waals surface area contributed by atoms with Crippen molar-refractivity contribution in [1.29, 1.82) is 0 Å². The first-order valence-electron chi connectivity index (χ1n) is 5.39. The molecule has 1 atom stereocenters. The first-order valence-corrected chi connectivity index (χ1v) is 5.39. The molecule has 0 aliphatic carbocycles. The molecule has 2 rings (SSSR count). The minimum absolute atomic E-state index is 0.127. The molecule has 1 aromatic rings. The molecular formula is C13H17NO. The van der Waals surface area contributed by atoms with Gasteiger partial charge in [-0.1, -0.05) is 32.0 Å². The molecule has 1 heterocycles. The van der Waals surface area contributed by atoms with Crippen LogP contribution in [0.2, 0.25) is 0 Å². The van der Waals surface area contributed by atoms with Gasteiger partial charge in [-0.05, 0) is 30.9 Å². The molecule has 0 spiro atoms. The smallest absolute Gasteiger partial charge is 0.235 e. The monoisotopic (exact) mass is 203 g/mol. The highest BCUT2D eigenvalue weighted by Gasteiger charge is 2.45. The van der Waals surface area contributed by atoms with Gasteiger partial charge >= 0.3 is 0 Å². The van der Waals surface area contributed by atoms with Gasteiger partial charge in [0.25, 0.3) is 0 Å². The van der Waals surface area contributed by atoms with Crippen molar-refractivity contribution < 1.29 is 4.79 Å². The Morgan fingerprint density at radius 3 is 2.60 bits per heavy atom. The molecule has 0 fully saturated rings. The number of aryl methyl sites for hydroxylation is 1. The highest BCUT2D eigenvalue weighted by atomic mass is 16.2. The topological polar surface area (TPSA) is 29.1 Å². The molecule has 1 aliphatic rings. The predicted octanol–water partition coefficient (Wildman–Crippen LogP) is 2.86. The second-order valence-electron chi connectivity index (χ2n) is 4.81. The molecular weight excluding hydrogens is 186 g/mol. The van der Waals surface area contributed by atoms with Crippen LogP contribution in [-0.4, -0.2) is 5.91 Å². The Morgan fingerprint density at radius 2 is 2.00 bits per heavy atom. The largest absolute Gasteiger partial charge is 0.325 e. The van der Waals surface area contributed by atoms with E-state index in [0.717, 1.165) is 16.8 Å². The number of carbonyl (C=O) groups is 1. The minimum Gasteiger partial charge on any atom is -0.325 e. The van der Waals surface area contributed by atoms with E-state index >= 15 is 0 Å². The van der Waals surface area contributed by atoms with Gasteiger partial charge in [-0.15, -0.1) is 0 Å². The Balaban J connectivity index is 2.65. The normalized spacial score (nSPS) is 24.2. The molecule has 0 aromatic heterocycles. The summed E-state index contributed by atoms with van der Waals surface area (Å²) in [6.07, 6.45) is 0. The van der Waals surface area contributed by atoms with Crippen molar-refractivity contribution in [2.45, 2.75) is 33.1 Å². The molecule has 2 heteroatoms. The van der Waals surface area contributed by atoms with Crippen molar-refractivity contribution in [2.24, 2.45) is 5.92 Å². The van der Waals surface area contributed by atoms with Crippen molar-refractivity contribution in [1.82, 2.24) is 0 Å². The SMILES string of the molecule is Cc1cccc2c1NC(=O)C2(C)C(C)C. The Hall–Kier alpha value is -1.31. The number of anilines is 1. The number of hydrogen-bond donors (Lipinski definition) is 1. The summed E-state index contributed by atoms with van der Waals surface area (Å²) in [5.41, 5.74) is 2.92. The number of benzene rings is 1. The van der Waals surface area contributed by atoms with Crippen molar-refractivity contribution in [3.8, 4) is 0 Å². The van der Waals surface area contributed by atoms with Crippen LogP contribution < -0.4 is 5.32 Å². The van der Waals surface area contributed by atoms with Crippen LogP contribution in [0.1, 0.15) is 31.9 Å². The van der Waals surface area contributed by atoms with Crippen LogP contribution in [0, 0.1) is 12.8 Å². The molecule has 2 nitrogen and oxygen atoms in total. The maximum absolute atomic E-state index is 12.0. The van der Waals surface area contributed by atoms with E-state index in [1.54, 1.807) is 0 Å². The Kier molecular flexibility index (Phi) is 2.10. The molecule has 0 bridgehead atoms. The Morgan fingerprint density at radius 1 is 1.33 bits per heavy atom. The fourth-order valence-corrected chi connectivity index (χ4v) is 2.21. The van der Waals surface area contributed by atoms with Crippen molar-refractivity contribution in [3.05, 3.63) is 29.3 Å². The quantitative estimate of drug-likeness (QED) is 0.747. The summed E-state index contributed by atoms with van der Waals surface area (Å²) in [5.74, 6) is 0.433. The molecule has 1 amide bonds. The van der Waals surface area contributed by atoms with E-state index in [-0.39, 0.29) is 11.3 Å². The molecule has 0 saturated carbocycles. The van der Waals surface area contributed by atoms with Crippen molar-refractivity contribution in [3.63, 3.8) is 0 Å². The van der Waals surface area contributed by atoms with Gasteiger partial charge in [0.05, 0.1) is 5.41 Å². The lowest BCUT2D eigenvalue weighted by Gasteiger charge is -2.26. The zero-order valence-electron chi connectivity index (χ0n) is 9.72. The Labute approximate surface area is 90.7 Å². The molecule has 15 heavy (non-hydrogen) atoms. The maximum Gasteiger partial charge on any atom is 0.235 e. The van der Waals surface area contributed by atoms with E-state index < -0.39 is 0 Å². The molecule has 80 valence electrons. The van der Waals surface area contributed by atoms with Gasteiger partial charge in [0.15, 0.2) is 0 Å². The summed E-state index contributed by atoms with van der Waals surface area (Å²) in [6.45, 7) is 8.25. The Bertz CT molecular complexity index is 423. The zero-order valence-corrected chi connectivity index (χ0v) is 9.72. The van der Waals surface area contributed by atoms with E-state index in [1.165, 1.54) is 0 Å². The summed E-state index contributed by atoms with van der Waals surface area (Å²) >= 11 is 0. The van der Waals surface area contributed by atoms with Crippen molar-refractivity contribution in [2.75, 3.05) is 5.32 Å². The summed E-state index contributed by atoms with van der Waals surface area (Å²) in [7, 11) is 0. The number of amides is 1. The van der Waals surface area contributed by atoms with Crippen LogP contribution >= 0.6 is 0 Å². The summed E-state index contributed by atoms with van der Waals surface area (Å²) in [6, 6.07) is 6.11. The third-order valence-electron chi connectivity index (χ3n) is 3.70. The summed E-state index contributed by atoms with van der Waals surface area (Å²) in [4.78, 5) is 12.0. The number of fused-ring (bicyclic) bond motifs is 1. The third-order valence-corrected chi connectivity index (χ3v) is 3.70. The lowest BCUT2D eigenvalue weighted by atomic mass is 9.74. The molecule has 1 aliphatic heterocycles. The van der Waals surface area contributed by atoms with E-state index in [0.29, 0.717) is 5.92 Å². The fraction of sp³-hybridized carbons (Fsp3) is 0.462. The van der Waals surface area contributed by atoms with Gasteiger partial charge in [0, 0.05) is 5.69 Å². The van der Waals surface area contributed by atoms with Crippen LogP contribution in [0.25, 0.3) is 0 Å². The van der Waals surface area contributed by atoms with Crippen LogP contribution in [0.4, 0.5) is 5.69 Å². The van der Waals surface area contributed by atoms with E-state index in [1.807, 2.05) is 26.0 Å². The third kappa shape index (κ3) is 1.21. The van der Waals surface area contributed by atoms with Gasteiger partial charge < -0.3 is 5.32 Å². The molecule has 1 N–H and O–H groups in total. The number of rotatable bonds is 1. The summed E-state index contributed by atoms with van der Waals surface area (Å²) < 4.78 is 0. The van der Waals surface area contributed by atoms with E-state index in [4.69, 9.17) is 0 Å². The lowest BCUT2D eigenvalue weighted by Crippen LogP contribution is -2.36. The van der Waals surface area contributed by atoms with Gasteiger partial charge in [-0.3, -0.25) is 4.79 Å². The molecule has 0 radical (unpaired) electrons. The van der Waals surface area contributed by atoms with Gasteiger partial charge in [0.1, 0.15) is 0 Å². The van der Waals surface area contributed by atoms with Crippen molar-refractivity contribution >= 4 is 11.6 Å². The fourth-order valence-electron chi connectivity index (χ4n) is 2.21.